The summed E-state index contributed by atoms with van der Waals surface area (Å²) in [6.07, 6.45) is 11.0. The lowest BCUT2D eigenvalue weighted by molar-refractivity contribution is -0.122. The van der Waals surface area contributed by atoms with E-state index in [0.29, 0.717) is 44.5 Å². The summed E-state index contributed by atoms with van der Waals surface area (Å²) in [7, 11) is 0. The standard InChI is InChI=1S/C31H31N5O3/c1-22-7-9-24(10-8-22)28-19-29(34-36(28)26-13-11-25(12-14-26)30(38)33-35-32)31(17-15-27(37)16-18-31)21-39-20-23-5-3-2-4-6-23/h3,5-14,19H,2,4,15-18,20-21H2,1H3. The minimum absolute atomic E-state index is 0.280. The lowest BCUT2D eigenvalue weighted by Gasteiger charge is -2.35. The number of azide groups is 1. The van der Waals surface area contributed by atoms with Gasteiger partial charge < -0.3 is 4.74 Å². The predicted molar refractivity (Wildman–Crippen MR) is 150 cm³/mol. The number of nitrogens with zero attached hydrogens (tertiary/aromatic N) is 5. The molecule has 0 unspecified atom stereocenters. The fourth-order valence-corrected chi connectivity index (χ4v) is 5.23. The van der Waals surface area contributed by atoms with E-state index in [9.17, 15) is 9.59 Å². The molecule has 0 spiro atoms. The van der Waals surface area contributed by atoms with Gasteiger partial charge in [0.15, 0.2) is 0 Å². The van der Waals surface area contributed by atoms with E-state index in [0.717, 1.165) is 41.0 Å². The molecular formula is C31H31N5O3. The topological polar surface area (TPSA) is 110 Å². The number of carbonyl (C=O) groups excluding carboxylic acids is 2. The molecule has 1 amide bonds. The Morgan fingerprint density at radius 1 is 1.10 bits per heavy atom. The summed E-state index contributed by atoms with van der Waals surface area (Å²) in [6.45, 7) is 3.07. The largest absolute Gasteiger partial charge is 0.376 e. The van der Waals surface area contributed by atoms with Crippen molar-refractivity contribution in [2.45, 2.75) is 50.9 Å². The number of aromatic nitrogens is 2. The van der Waals surface area contributed by atoms with Crippen molar-refractivity contribution in [3.8, 4) is 16.9 Å². The zero-order valence-corrected chi connectivity index (χ0v) is 22.0. The lowest BCUT2D eigenvalue weighted by Crippen LogP contribution is -2.37. The van der Waals surface area contributed by atoms with E-state index < -0.39 is 5.91 Å². The molecule has 2 aliphatic carbocycles. The maximum atomic E-state index is 12.2. The van der Waals surface area contributed by atoms with Gasteiger partial charge in [-0.3, -0.25) is 9.59 Å². The smallest absolute Gasteiger partial charge is 0.249 e. The highest BCUT2D eigenvalue weighted by Crippen LogP contribution is 2.40. The molecule has 8 nitrogen and oxygen atoms in total. The maximum absolute atomic E-state index is 12.2. The molecule has 8 heteroatoms. The van der Waals surface area contributed by atoms with Crippen LogP contribution in [0.4, 0.5) is 0 Å². The molecule has 1 saturated carbocycles. The first kappa shape index (κ1) is 26.4. The highest BCUT2D eigenvalue weighted by Gasteiger charge is 2.39. The summed E-state index contributed by atoms with van der Waals surface area (Å²) in [5.41, 5.74) is 14.5. The molecule has 0 saturated heterocycles. The Kier molecular flexibility index (Phi) is 7.87. The van der Waals surface area contributed by atoms with Crippen LogP contribution in [0.3, 0.4) is 0 Å². The molecule has 1 aromatic heterocycles. The van der Waals surface area contributed by atoms with E-state index in [4.69, 9.17) is 15.4 Å². The number of hydrogen-bond donors (Lipinski definition) is 0. The molecular weight excluding hydrogens is 490 g/mol. The van der Waals surface area contributed by atoms with E-state index in [-0.39, 0.29) is 11.2 Å². The van der Waals surface area contributed by atoms with Crippen LogP contribution in [-0.4, -0.2) is 34.7 Å². The average molecular weight is 522 g/mol. The van der Waals surface area contributed by atoms with Crippen molar-refractivity contribution in [1.82, 2.24) is 9.78 Å². The normalized spacial score (nSPS) is 16.4. The van der Waals surface area contributed by atoms with Gasteiger partial charge in [-0.1, -0.05) is 48.1 Å². The number of allylic oxidation sites excluding steroid dienone is 2. The second-order valence-corrected chi connectivity index (χ2v) is 10.3. The Morgan fingerprint density at radius 2 is 1.85 bits per heavy atom. The zero-order valence-electron chi connectivity index (χ0n) is 22.0. The van der Waals surface area contributed by atoms with Crippen LogP contribution in [0.1, 0.15) is 60.1 Å². The van der Waals surface area contributed by atoms with Crippen molar-refractivity contribution in [2.24, 2.45) is 5.11 Å². The zero-order chi connectivity index (χ0) is 27.2. The fourth-order valence-electron chi connectivity index (χ4n) is 5.23. The SMILES string of the molecule is Cc1ccc(-c2cc(C3(COCC4=CCCC=C4)CCC(=O)CC3)nn2-c2ccc(C(=O)N=[N+]=[N-])cc2)cc1. The molecule has 0 radical (unpaired) electrons. The third-order valence-corrected chi connectivity index (χ3v) is 7.58. The Labute approximate surface area is 227 Å². The van der Waals surface area contributed by atoms with Crippen molar-refractivity contribution in [2.75, 3.05) is 13.2 Å². The molecule has 2 aliphatic rings. The fraction of sp³-hybridized carbons (Fsp3) is 0.323. The molecule has 2 aromatic carbocycles. The number of ether oxygens (including phenoxy) is 1. The van der Waals surface area contributed by atoms with Gasteiger partial charge in [-0.15, -0.1) is 0 Å². The quantitative estimate of drug-likeness (QED) is 0.181. The summed E-state index contributed by atoms with van der Waals surface area (Å²) >= 11 is 0. The molecule has 3 aromatic rings. The summed E-state index contributed by atoms with van der Waals surface area (Å²) in [5, 5.41) is 8.29. The number of Topliss-reactive ketones (excluding diaryl/α,β-unsaturated/α-hetero) is 1. The second kappa shape index (κ2) is 11.6. The highest BCUT2D eigenvalue weighted by atomic mass is 16.5. The van der Waals surface area contributed by atoms with Crippen LogP contribution in [0.5, 0.6) is 0 Å². The van der Waals surface area contributed by atoms with E-state index in [2.05, 4.69) is 58.6 Å². The van der Waals surface area contributed by atoms with Crippen molar-refractivity contribution >= 4 is 11.7 Å². The molecule has 0 bridgehead atoms. The van der Waals surface area contributed by atoms with E-state index in [1.807, 2.05) is 11.6 Å². The van der Waals surface area contributed by atoms with Gasteiger partial charge in [0.05, 0.1) is 30.3 Å². The second-order valence-electron chi connectivity index (χ2n) is 10.3. The summed E-state index contributed by atoms with van der Waals surface area (Å²) in [6, 6.07) is 17.3. The lowest BCUT2D eigenvalue weighted by atomic mass is 9.72. The number of ketones is 1. The summed E-state index contributed by atoms with van der Waals surface area (Å²) in [4.78, 5) is 26.8. The average Bonchev–Trinajstić information content (AvgIpc) is 3.42. The Morgan fingerprint density at radius 3 is 2.51 bits per heavy atom. The predicted octanol–water partition coefficient (Wildman–Crippen LogP) is 6.97. The summed E-state index contributed by atoms with van der Waals surface area (Å²) < 4.78 is 8.17. The van der Waals surface area contributed by atoms with Crippen LogP contribution >= 0.6 is 0 Å². The Bertz CT molecular complexity index is 1470. The Balaban J connectivity index is 1.53. The van der Waals surface area contributed by atoms with Gasteiger partial charge in [0, 0.05) is 34.3 Å². The van der Waals surface area contributed by atoms with Gasteiger partial charge in [-0.2, -0.15) is 5.10 Å². The first-order valence-corrected chi connectivity index (χ1v) is 13.3. The molecule has 1 fully saturated rings. The number of amides is 1. The molecule has 1 heterocycles. The number of carbonyl (C=O) groups is 2. The van der Waals surface area contributed by atoms with Gasteiger partial charge in [-0.25, -0.2) is 4.68 Å². The van der Waals surface area contributed by atoms with Crippen LogP contribution in [0.25, 0.3) is 27.4 Å². The van der Waals surface area contributed by atoms with E-state index in [1.54, 1.807) is 24.3 Å². The number of aryl methyl sites for hydroxylation is 1. The van der Waals surface area contributed by atoms with Crippen molar-refractivity contribution < 1.29 is 14.3 Å². The number of rotatable bonds is 8. The van der Waals surface area contributed by atoms with Crippen LogP contribution in [0, 0.1) is 6.92 Å². The monoisotopic (exact) mass is 521 g/mol. The molecule has 198 valence electrons. The third-order valence-electron chi connectivity index (χ3n) is 7.58. The van der Waals surface area contributed by atoms with Gasteiger partial charge >= 0.3 is 0 Å². The Hall–Kier alpha value is -4.26. The van der Waals surface area contributed by atoms with Gasteiger partial charge in [0.2, 0.25) is 5.91 Å². The van der Waals surface area contributed by atoms with Crippen LogP contribution in [-0.2, 0) is 14.9 Å². The first-order chi connectivity index (χ1) is 19.0. The minimum Gasteiger partial charge on any atom is -0.376 e. The molecule has 5 rings (SSSR count). The number of hydrogen-bond acceptors (Lipinski definition) is 4. The maximum Gasteiger partial charge on any atom is 0.249 e. The van der Waals surface area contributed by atoms with Crippen LogP contribution < -0.4 is 0 Å². The molecule has 0 aliphatic heterocycles. The van der Waals surface area contributed by atoms with Gasteiger partial charge in [0.1, 0.15) is 5.78 Å². The van der Waals surface area contributed by atoms with Gasteiger partial charge in [0.25, 0.3) is 0 Å². The van der Waals surface area contributed by atoms with Crippen LogP contribution in [0.15, 0.2) is 83.5 Å². The van der Waals surface area contributed by atoms with Crippen molar-refractivity contribution in [1.29, 1.82) is 0 Å². The third kappa shape index (κ3) is 5.93. The molecule has 0 N–H and O–H groups in total. The van der Waals surface area contributed by atoms with E-state index in [1.165, 1.54) is 5.57 Å². The first-order valence-electron chi connectivity index (χ1n) is 13.3. The molecule has 0 atom stereocenters. The van der Waals surface area contributed by atoms with Crippen molar-refractivity contribution in [3.63, 3.8) is 0 Å². The van der Waals surface area contributed by atoms with Crippen LogP contribution in [0.2, 0.25) is 0 Å². The van der Waals surface area contributed by atoms with Crippen molar-refractivity contribution in [3.05, 3.63) is 106 Å². The van der Waals surface area contributed by atoms with E-state index >= 15 is 0 Å². The molecule has 39 heavy (non-hydrogen) atoms. The van der Waals surface area contributed by atoms with Gasteiger partial charge in [-0.05, 0) is 79.2 Å². The number of benzene rings is 2. The summed E-state index contributed by atoms with van der Waals surface area (Å²) in [5.74, 6) is -0.350. The highest BCUT2D eigenvalue weighted by molar-refractivity contribution is 5.95. The minimum atomic E-state index is -0.630.